The Morgan fingerprint density at radius 1 is 1.26 bits per heavy atom. The Balaban J connectivity index is 1.79. The van der Waals surface area contributed by atoms with E-state index < -0.39 is 9.84 Å². The third-order valence-electron chi connectivity index (χ3n) is 3.66. The van der Waals surface area contributed by atoms with Crippen LogP contribution < -0.4 is 10.6 Å². The summed E-state index contributed by atoms with van der Waals surface area (Å²) in [5.41, 5.74) is 1.87. The number of sulfone groups is 1. The van der Waals surface area contributed by atoms with Gasteiger partial charge >= 0.3 is 0 Å². The van der Waals surface area contributed by atoms with E-state index in [9.17, 15) is 8.42 Å². The van der Waals surface area contributed by atoms with E-state index in [1.807, 2.05) is 24.3 Å². The molecule has 2 N–H and O–H groups in total. The first-order valence-electron chi connectivity index (χ1n) is 7.78. The fourth-order valence-electron chi connectivity index (χ4n) is 2.48. The predicted molar refractivity (Wildman–Crippen MR) is 92.2 cm³/mol. The Kier molecular flexibility index (Phi) is 6.41. The Bertz CT molecular complexity index is 620. The molecule has 0 spiro atoms. The summed E-state index contributed by atoms with van der Waals surface area (Å²) in [5, 5.41) is 6.50. The molecule has 2 rings (SSSR count). The van der Waals surface area contributed by atoms with Crippen LogP contribution in [0, 0.1) is 0 Å². The van der Waals surface area contributed by atoms with Crippen LogP contribution in [-0.2, 0) is 26.9 Å². The van der Waals surface area contributed by atoms with E-state index in [1.54, 1.807) is 7.05 Å². The lowest BCUT2D eigenvalue weighted by atomic mass is 10.1. The van der Waals surface area contributed by atoms with Crippen LogP contribution in [0.25, 0.3) is 0 Å². The summed E-state index contributed by atoms with van der Waals surface area (Å²) in [5.74, 6) is 0.811. The average molecular weight is 339 g/mol. The third-order valence-corrected chi connectivity index (χ3v) is 4.51. The standard InChI is InChI=1S/C16H25N3O3S/c1-17-16(19-11-15-4-3-9-22-15)18-10-13-5-7-14(8-6-13)12-23(2,20)21/h5-8,15H,3-4,9-12H2,1-2H3,(H2,17,18,19). The van der Waals surface area contributed by atoms with E-state index in [4.69, 9.17) is 4.74 Å². The lowest BCUT2D eigenvalue weighted by molar-refractivity contribution is 0.114. The maximum atomic E-state index is 11.3. The third kappa shape index (κ3) is 6.58. The molecule has 0 amide bonds. The summed E-state index contributed by atoms with van der Waals surface area (Å²) in [4.78, 5) is 4.19. The van der Waals surface area contributed by atoms with Gasteiger partial charge in [0.15, 0.2) is 15.8 Å². The minimum Gasteiger partial charge on any atom is -0.376 e. The van der Waals surface area contributed by atoms with Gasteiger partial charge in [0, 0.05) is 33.0 Å². The molecule has 6 nitrogen and oxygen atoms in total. The van der Waals surface area contributed by atoms with E-state index in [2.05, 4.69) is 15.6 Å². The summed E-state index contributed by atoms with van der Waals surface area (Å²) >= 11 is 0. The first kappa shape index (κ1) is 17.7. The van der Waals surface area contributed by atoms with Gasteiger partial charge in [-0.3, -0.25) is 4.99 Å². The molecule has 1 heterocycles. The molecule has 1 saturated heterocycles. The average Bonchev–Trinajstić information content (AvgIpc) is 3.01. The monoisotopic (exact) mass is 339 g/mol. The van der Waals surface area contributed by atoms with Gasteiger partial charge in [-0.25, -0.2) is 8.42 Å². The number of ether oxygens (including phenoxy) is 1. The molecular weight excluding hydrogens is 314 g/mol. The van der Waals surface area contributed by atoms with Gasteiger partial charge in [0.05, 0.1) is 11.9 Å². The van der Waals surface area contributed by atoms with Gasteiger partial charge in [0.1, 0.15) is 0 Å². The molecule has 0 aliphatic carbocycles. The van der Waals surface area contributed by atoms with Gasteiger partial charge in [-0.1, -0.05) is 24.3 Å². The zero-order chi connectivity index (χ0) is 16.7. The molecule has 1 atom stereocenters. The highest BCUT2D eigenvalue weighted by Gasteiger charge is 2.15. The minimum absolute atomic E-state index is 0.0747. The molecule has 1 aliphatic heterocycles. The molecule has 1 fully saturated rings. The molecule has 1 aliphatic rings. The summed E-state index contributed by atoms with van der Waals surface area (Å²) in [7, 11) is -1.26. The van der Waals surface area contributed by atoms with Gasteiger partial charge in [-0.15, -0.1) is 0 Å². The summed E-state index contributed by atoms with van der Waals surface area (Å²) < 4.78 is 28.1. The first-order valence-corrected chi connectivity index (χ1v) is 9.84. The van der Waals surface area contributed by atoms with Crippen molar-refractivity contribution in [1.82, 2.24) is 10.6 Å². The molecule has 0 radical (unpaired) electrons. The lowest BCUT2D eigenvalue weighted by Crippen LogP contribution is -2.40. The van der Waals surface area contributed by atoms with Crippen molar-refractivity contribution in [1.29, 1.82) is 0 Å². The van der Waals surface area contributed by atoms with Crippen LogP contribution in [0.4, 0.5) is 0 Å². The van der Waals surface area contributed by atoms with E-state index in [1.165, 1.54) is 6.26 Å². The van der Waals surface area contributed by atoms with Crippen molar-refractivity contribution in [2.75, 3.05) is 26.5 Å². The quantitative estimate of drug-likeness (QED) is 0.599. The van der Waals surface area contributed by atoms with Gasteiger partial charge in [-0.2, -0.15) is 0 Å². The molecule has 1 aromatic carbocycles. The molecule has 23 heavy (non-hydrogen) atoms. The Morgan fingerprint density at radius 2 is 1.96 bits per heavy atom. The zero-order valence-electron chi connectivity index (χ0n) is 13.7. The maximum absolute atomic E-state index is 11.3. The molecule has 0 bridgehead atoms. The number of benzene rings is 1. The van der Waals surface area contributed by atoms with Crippen molar-refractivity contribution in [3.63, 3.8) is 0 Å². The topological polar surface area (TPSA) is 79.8 Å². The molecule has 1 aromatic rings. The zero-order valence-corrected chi connectivity index (χ0v) is 14.5. The van der Waals surface area contributed by atoms with Crippen LogP contribution in [0.15, 0.2) is 29.3 Å². The van der Waals surface area contributed by atoms with Crippen molar-refractivity contribution >= 4 is 15.8 Å². The van der Waals surface area contributed by atoms with Crippen molar-refractivity contribution in [3.8, 4) is 0 Å². The predicted octanol–water partition coefficient (Wildman–Crippen LogP) is 1.08. The molecule has 1 unspecified atom stereocenters. The SMILES string of the molecule is CN=C(NCc1ccc(CS(C)(=O)=O)cc1)NCC1CCCO1. The number of hydrogen-bond donors (Lipinski definition) is 2. The van der Waals surface area contributed by atoms with E-state index >= 15 is 0 Å². The second-order valence-corrected chi connectivity index (χ2v) is 7.97. The van der Waals surface area contributed by atoms with E-state index in [0.717, 1.165) is 43.1 Å². The van der Waals surface area contributed by atoms with E-state index in [-0.39, 0.29) is 11.9 Å². The second-order valence-electron chi connectivity index (χ2n) is 5.83. The molecule has 7 heteroatoms. The fourth-order valence-corrected chi connectivity index (χ4v) is 3.28. The van der Waals surface area contributed by atoms with Crippen LogP contribution in [0.1, 0.15) is 24.0 Å². The number of rotatable bonds is 6. The Hall–Kier alpha value is -1.60. The fraction of sp³-hybridized carbons (Fsp3) is 0.562. The van der Waals surface area contributed by atoms with Crippen molar-refractivity contribution in [2.24, 2.45) is 4.99 Å². The Morgan fingerprint density at radius 3 is 2.52 bits per heavy atom. The molecule has 0 aromatic heterocycles. The largest absolute Gasteiger partial charge is 0.376 e. The molecular formula is C16H25N3O3S. The number of nitrogens with one attached hydrogen (secondary N) is 2. The normalized spacial score (nSPS) is 18.9. The summed E-state index contributed by atoms with van der Waals surface area (Å²) in [6, 6.07) is 7.56. The van der Waals surface area contributed by atoms with Crippen LogP contribution in [0.3, 0.4) is 0 Å². The highest BCUT2D eigenvalue weighted by Crippen LogP contribution is 2.10. The van der Waals surface area contributed by atoms with E-state index in [0.29, 0.717) is 6.54 Å². The number of nitrogens with zero attached hydrogens (tertiary/aromatic N) is 1. The first-order chi connectivity index (χ1) is 11.0. The van der Waals surface area contributed by atoms with Crippen molar-refractivity contribution < 1.29 is 13.2 Å². The van der Waals surface area contributed by atoms with Crippen molar-refractivity contribution in [2.45, 2.75) is 31.2 Å². The van der Waals surface area contributed by atoms with Crippen molar-refractivity contribution in [3.05, 3.63) is 35.4 Å². The maximum Gasteiger partial charge on any atom is 0.191 e. The summed E-state index contributed by atoms with van der Waals surface area (Å²) in [6.45, 7) is 2.23. The summed E-state index contributed by atoms with van der Waals surface area (Å²) in [6.07, 6.45) is 3.72. The van der Waals surface area contributed by atoms with Gasteiger partial charge in [-0.05, 0) is 24.0 Å². The highest BCUT2D eigenvalue weighted by molar-refractivity contribution is 7.89. The number of hydrogen-bond acceptors (Lipinski definition) is 4. The van der Waals surface area contributed by atoms with Crippen LogP contribution in [0.5, 0.6) is 0 Å². The smallest absolute Gasteiger partial charge is 0.191 e. The Labute approximate surface area is 138 Å². The van der Waals surface area contributed by atoms with Gasteiger partial charge < -0.3 is 15.4 Å². The minimum atomic E-state index is -2.99. The second kappa shape index (κ2) is 8.31. The van der Waals surface area contributed by atoms with Crippen LogP contribution in [-0.4, -0.2) is 46.9 Å². The number of guanidine groups is 1. The van der Waals surface area contributed by atoms with Crippen LogP contribution in [0.2, 0.25) is 0 Å². The van der Waals surface area contributed by atoms with Gasteiger partial charge in [0.2, 0.25) is 0 Å². The highest BCUT2D eigenvalue weighted by atomic mass is 32.2. The molecule has 128 valence electrons. The lowest BCUT2D eigenvalue weighted by Gasteiger charge is -2.15. The number of aliphatic imine (C=N–C) groups is 1. The van der Waals surface area contributed by atoms with Gasteiger partial charge in [0.25, 0.3) is 0 Å². The molecule has 0 saturated carbocycles. The van der Waals surface area contributed by atoms with Crippen LogP contribution >= 0.6 is 0 Å².